The highest BCUT2D eigenvalue weighted by atomic mass is 16.7. The molecule has 3 rings (SSSR count). The Morgan fingerprint density at radius 2 is 1.76 bits per heavy atom. The summed E-state index contributed by atoms with van der Waals surface area (Å²) in [4.78, 5) is 12.5. The SMILES string of the molecule is COc1cc(O)c2c(c1)OC(C1(O)CCC(OC)(OC)CC1)CC2=O. The van der Waals surface area contributed by atoms with Gasteiger partial charge in [-0.25, -0.2) is 0 Å². The summed E-state index contributed by atoms with van der Waals surface area (Å²) >= 11 is 0. The molecule has 0 aromatic heterocycles. The van der Waals surface area contributed by atoms with Crippen molar-refractivity contribution >= 4 is 5.78 Å². The highest BCUT2D eigenvalue weighted by Gasteiger charge is 2.49. The van der Waals surface area contributed by atoms with Crippen LogP contribution in [0.5, 0.6) is 17.2 Å². The predicted molar refractivity (Wildman–Crippen MR) is 88.2 cm³/mol. The molecule has 0 bridgehead atoms. The molecule has 7 nitrogen and oxygen atoms in total. The third-order valence-electron chi connectivity index (χ3n) is 5.43. The van der Waals surface area contributed by atoms with Gasteiger partial charge in [0.05, 0.1) is 13.5 Å². The van der Waals surface area contributed by atoms with E-state index in [1.54, 1.807) is 20.3 Å². The number of carbonyl (C=O) groups excluding carboxylic acids is 1. The Morgan fingerprint density at radius 1 is 1.12 bits per heavy atom. The summed E-state index contributed by atoms with van der Waals surface area (Å²) in [5, 5.41) is 21.1. The number of Topliss-reactive ketones (excluding diaryl/α,β-unsaturated/α-hetero) is 1. The normalized spacial score (nSPS) is 24.3. The number of methoxy groups -OCH3 is 3. The Bertz CT molecular complexity index is 656. The number of phenols is 1. The Kier molecular flexibility index (Phi) is 4.66. The summed E-state index contributed by atoms with van der Waals surface area (Å²) in [6, 6.07) is 2.93. The average molecular weight is 352 g/mol. The zero-order chi connectivity index (χ0) is 18.2. The van der Waals surface area contributed by atoms with Crippen molar-refractivity contribution in [3.8, 4) is 17.2 Å². The van der Waals surface area contributed by atoms with E-state index in [9.17, 15) is 15.0 Å². The molecule has 1 aliphatic heterocycles. The number of fused-ring (bicyclic) bond motifs is 1. The second-order valence-electron chi connectivity index (χ2n) is 6.68. The first kappa shape index (κ1) is 18.0. The van der Waals surface area contributed by atoms with Crippen molar-refractivity contribution in [3.05, 3.63) is 17.7 Å². The molecule has 1 aliphatic carbocycles. The van der Waals surface area contributed by atoms with E-state index < -0.39 is 17.5 Å². The maximum atomic E-state index is 12.5. The summed E-state index contributed by atoms with van der Waals surface area (Å²) in [6.45, 7) is 0. The Hall–Kier alpha value is -1.83. The molecular weight excluding hydrogens is 328 g/mol. The number of phenolic OH excluding ortho intramolecular Hbond substituents is 1. The van der Waals surface area contributed by atoms with Crippen LogP contribution in [-0.4, -0.2) is 54.8 Å². The number of benzene rings is 1. The fourth-order valence-electron chi connectivity index (χ4n) is 3.71. The minimum absolute atomic E-state index is 0.0103. The third kappa shape index (κ3) is 3.07. The highest BCUT2D eigenvalue weighted by molar-refractivity contribution is 6.02. The Balaban J connectivity index is 1.84. The van der Waals surface area contributed by atoms with E-state index >= 15 is 0 Å². The Morgan fingerprint density at radius 3 is 2.32 bits per heavy atom. The number of aromatic hydroxyl groups is 1. The number of rotatable bonds is 4. The van der Waals surface area contributed by atoms with Crippen molar-refractivity contribution in [2.45, 2.75) is 49.6 Å². The van der Waals surface area contributed by atoms with Crippen LogP contribution in [0.4, 0.5) is 0 Å². The second kappa shape index (κ2) is 6.48. The van der Waals surface area contributed by atoms with E-state index in [2.05, 4.69) is 0 Å². The predicted octanol–water partition coefficient (Wildman–Crippen LogP) is 2.03. The van der Waals surface area contributed by atoms with Crippen molar-refractivity contribution < 1.29 is 34.0 Å². The van der Waals surface area contributed by atoms with Gasteiger partial charge in [0, 0.05) is 39.2 Å². The molecule has 7 heteroatoms. The van der Waals surface area contributed by atoms with Gasteiger partial charge in [-0.1, -0.05) is 0 Å². The van der Waals surface area contributed by atoms with Gasteiger partial charge in [0.25, 0.3) is 0 Å². The fourth-order valence-corrected chi connectivity index (χ4v) is 3.71. The number of hydrogen-bond acceptors (Lipinski definition) is 7. The lowest BCUT2D eigenvalue weighted by Gasteiger charge is -2.46. The number of carbonyl (C=O) groups is 1. The molecule has 0 saturated heterocycles. The third-order valence-corrected chi connectivity index (χ3v) is 5.43. The lowest BCUT2D eigenvalue weighted by molar-refractivity contribution is -0.249. The van der Waals surface area contributed by atoms with Gasteiger partial charge in [-0.05, 0) is 12.8 Å². The average Bonchev–Trinajstić information content (AvgIpc) is 2.62. The number of aliphatic hydroxyl groups is 1. The Labute approximate surface area is 146 Å². The van der Waals surface area contributed by atoms with Gasteiger partial charge in [0.2, 0.25) is 0 Å². The quantitative estimate of drug-likeness (QED) is 0.801. The second-order valence-corrected chi connectivity index (χ2v) is 6.68. The van der Waals surface area contributed by atoms with Crippen molar-refractivity contribution in [2.75, 3.05) is 21.3 Å². The molecule has 0 amide bonds. The van der Waals surface area contributed by atoms with Crippen LogP contribution in [0.15, 0.2) is 12.1 Å². The van der Waals surface area contributed by atoms with Crippen molar-refractivity contribution in [2.24, 2.45) is 0 Å². The first-order chi connectivity index (χ1) is 11.9. The van der Waals surface area contributed by atoms with Crippen LogP contribution in [-0.2, 0) is 9.47 Å². The summed E-state index contributed by atoms with van der Waals surface area (Å²) in [5.74, 6) is -0.508. The first-order valence-corrected chi connectivity index (χ1v) is 8.30. The molecule has 1 aromatic carbocycles. The van der Waals surface area contributed by atoms with Gasteiger partial charge < -0.3 is 29.2 Å². The van der Waals surface area contributed by atoms with Crippen molar-refractivity contribution in [1.29, 1.82) is 0 Å². The van der Waals surface area contributed by atoms with Crippen LogP contribution >= 0.6 is 0 Å². The fraction of sp³-hybridized carbons (Fsp3) is 0.611. The van der Waals surface area contributed by atoms with Crippen LogP contribution in [0, 0.1) is 0 Å². The van der Waals surface area contributed by atoms with E-state index in [-0.39, 0.29) is 29.3 Å². The molecule has 138 valence electrons. The van der Waals surface area contributed by atoms with E-state index in [0.29, 0.717) is 31.4 Å². The van der Waals surface area contributed by atoms with Gasteiger partial charge in [-0.15, -0.1) is 0 Å². The molecule has 25 heavy (non-hydrogen) atoms. The van der Waals surface area contributed by atoms with Crippen LogP contribution in [0.25, 0.3) is 0 Å². The lowest BCUT2D eigenvalue weighted by Crippen LogP contribution is -2.54. The topological polar surface area (TPSA) is 94.5 Å². The number of ether oxygens (including phenoxy) is 4. The summed E-state index contributed by atoms with van der Waals surface area (Å²) in [7, 11) is 4.63. The lowest BCUT2D eigenvalue weighted by atomic mass is 9.75. The molecule has 1 saturated carbocycles. The van der Waals surface area contributed by atoms with Gasteiger partial charge in [-0.2, -0.15) is 0 Å². The largest absolute Gasteiger partial charge is 0.507 e. The molecule has 1 unspecified atom stereocenters. The molecule has 2 N–H and O–H groups in total. The van der Waals surface area contributed by atoms with Crippen LogP contribution in [0.1, 0.15) is 42.5 Å². The minimum Gasteiger partial charge on any atom is -0.507 e. The van der Waals surface area contributed by atoms with Gasteiger partial charge in [0.15, 0.2) is 11.6 Å². The summed E-state index contributed by atoms with van der Waals surface area (Å²) < 4.78 is 21.9. The maximum absolute atomic E-state index is 12.5. The van der Waals surface area contributed by atoms with E-state index in [1.807, 2.05) is 0 Å². The van der Waals surface area contributed by atoms with Crippen LogP contribution in [0.2, 0.25) is 0 Å². The molecule has 1 heterocycles. The smallest absolute Gasteiger partial charge is 0.174 e. The highest BCUT2D eigenvalue weighted by Crippen LogP contribution is 2.45. The maximum Gasteiger partial charge on any atom is 0.174 e. The van der Waals surface area contributed by atoms with Gasteiger partial charge in [-0.3, -0.25) is 4.79 Å². The molecule has 0 spiro atoms. The molecule has 1 atom stereocenters. The molecule has 1 fully saturated rings. The standard InChI is InChI=1S/C18H24O7/c1-22-11-8-12(19)16-13(20)10-15(25-14(16)9-11)17(21)4-6-18(23-2,24-3)7-5-17/h8-9,15,19,21H,4-7,10H2,1-3H3. The van der Waals surface area contributed by atoms with Crippen LogP contribution in [0.3, 0.4) is 0 Å². The molecule has 0 radical (unpaired) electrons. The zero-order valence-corrected chi connectivity index (χ0v) is 14.7. The molecule has 2 aliphatic rings. The van der Waals surface area contributed by atoms with Crippen molar-refractivity contribution in [1.82, 2.24) is 0 Å². The monoisotopic (exact) mass is 352 g/mol. The van der Waals surface area contributed by atoms with Crippen LogP contribution < -0.4 is 9.47 Å². The zero-order valence-electron chi connectivity index (χ0n) is 14.7. The first-order valence-electron chi connectivity index (χ1n) is 8.30. The van der Waals surface area contributed by atoms with Gasteiger partial charge >= 0.3 is 0 Å². The number of hydrogen-bond donors (Lipinski definition) is 2. The molecular formula is C18H24O7. The summed E-state index contributed by atoms with van der Waals surface area (Å²) in [5.41, 5.74) is -1.02. The minimum atomic E-state index is -1.16. The van der Waals surface area contributed by atoms with Gasteiger partial charge in [0.1, 0.15) is 34.5 Å². The van der Waals surface area contributed by atoms with Crippen molar-refractivity contribution in [3.63, 3.8) is 0 Å². The van der Waals surface area contributed by atoms with E-state index in [1.165, 1.54) is 13.2 Å². The molecule has 1 aromatic rings. The van der Waals surface area contributed by atoms with E-state index in [4.69, 9.17) is 18.9 Å². The van der Waals surface area contributed by atoms with E-state index in [0.717, 1.165) is 0 Å². The summed E-state index contributed by atoms with van der Waals surface area (Å²) in [6.07, 6.45) is 1.10. The number of ketones is 1.